The van der Waals surface area contributed by atoms with Gasteiger partial charge in [-0.15, -0.1) is 0 Å². The number of ether oxygens (including phenoxy) is 2. The van der Waals surface area contributed by atoms with E-state index < -0.39 is 40.6 Å². The summed E-state index contributed by atoms with van der Waals surface area (Å²) in [6.45, 7) is 6.84. The van der Waals surface area contributed by atoms with Crippen molar-refractivity contribution in [2.75, 3.05) is 7.11 Å². The highest BCUT2D eigenvalue weighted by Crippen LogP contribution is 2.46. The molecule has 3 rings (SSSR count). The smallest absolute Gasteiger partial charge is 0.337 e. The van der Waals surface area contributed by atoms with Crippen LogP contribution in [0.2, 0.25) is 5.02 Å². The number of rotatable bonds is 5. The van der Waals surface area contributed by atoms with Crippen LogP contribution in [0.15, 0.2) is 40.7 Å². The van der Waals surface area contributed by atoms with Crippen molar-refractivity contribution in [3.63, 3.8) is 0 Å². The number of carbonyl (C=O) groups excluding carboxylic acids is 3. The molecule has 0 unspecified atom stereocenters. The van der Waals surface area contributed by atoms with Gasteiger partial charge in [-0.3, -0.25) is 19.7 Å². The second-order valence-corrected chi connectivity index (χ2v) is 8.86. The molecule has 1 aliphatic heterocycles. The summed E-state index contributed by atoms with van der Waals surface area (Å²) in [6.07, 6.45) is -0.0741. The van der Waals surface area contributed by atoms with Crippen molar-refractivity contribution in [3.8, 4) is 0 Å². The van der Waals surface area contributed by atoms with Gasteiger partial charge in [0.15, 0.2) is 5.78 Å². The molecule has 0 spiro atoms. The van der Waals surface area contributed by atoms with E-state index in [2.05, 4.69) is 5.32 Å². The molecule has 2 aliphatic rings. The van der Waals surface area contributed by atoms with Crippen LogP contribution < -0.4 is 5.32 Å². The lowest BCUT2D eigenvalue weighted by molar-refractivity contribution is -0.384. The van der Waals surface area contributed by atoms with Crippen molar-refractivity contribution in [1.82, 2.24) is 5.32 Å². The average molecular weight is 477 g/mol. The third kappa shape index (κ3) is 4.50. The summed E-state index contributed by atoms with van der Waals surface area (Å²) >= 11 is 6.00. The van der Waals surface area contributed by atoms with Crippen LogP contribution >= 0.6 is 11.6 Å². The number of nitro groups is 1. The van der Waals surface area contributed by atoms with Crippen molar-refractivity contribution >= 4 is 35.0 Å². The zero-order valence-corrected chi connectivity index (χ0v) is 19.7. The summed E-state index contributed by atoms with van der Waals surface area (Å²) in [4.78, 5) is 50.0. The molecule has 1 aromatic rings. The number of hydrogen-bond acceptors (Lipinski definition) is 8. The van der Waals surface area contributed by atoms with Gasteiger partial charge >= 0.3 is 11.9 Å². The van der Waals surface area contributed by atoms with Crippen LogP contribution in [-0.2, 0) is 23.9 Å². The van der Waals surface area contributed by atoms with E-state index in [1.165, 1.54) is 25.3 Å². The van der Waals surface area contributed by atoms with Gasteiger partial charge < -0.3 is 14.8 Å². The molecule has 0 saturated carbocycles. The molecular formula is C23H25ClN2O7. The highest BCUT2D eigenvalue weighted by molar-refractivity contribution is 6.32. The molecule has 1 N–H and O–H groups in total. The van der Waals surface area contributed by atoms with Crippen molar-refractivity contribution in [1.29, 1.82) is 0 Å². The maximum absolute atomic E-state index is 13.6. The predicted molar refractivity (Wildman–Crippen MR) is 119 cm³/mol. The van der Waals surface area contributed by atoms with Crippen LogP contribution in [0.5, 0.6) is 0 Å². The molecule has 1 aliphatic carbocycles. The number of ketones is 1. The topological polar surface area (TPSA) is 125 Å². The molecule has 1 heterocycles. The van der Waals surface area contributed by atoms with E-state index in [1.807, 2.05) is 0 Å². The summed E-state index contributed by atoms with van der Waals surface area (Å²) in [6, 6.07) is 4.13. The minimum Gasteiger partial charge on any atom is -0.468 e. The predicted octanol–water partition coefficient (Wildman–Crippen LogP) is 3.81. The van der Waals surface area contributed by atoms with Gasteiger partial charge in [-0.05, 0) is 44.7 Å². The second-order valence-electron chi connectivity index (χ2n) is 8.46. The third-order valence-corrected chi connectivity index (χ3v) is 6.13. The zero-order chi connectivity index (χ0) is 24.6. The van der Waals surface area contributed by atoms with E-state index in [4.69, 9.17) is 21.1 Å². The SMILES string of the molecule is COC(=O)[C@@H]1C(=O)C2=C(C[C@@H]1C)NC(C)=C(C(=O)OC(C)C)[C@@H]2c1ccc(Cl)c([N+](=O)[O-])c1. The lowest BCUT2D eigenvalue weighted by Crippen LogP contribution is -2.43. The number of Topliss-reactive ketones (excluding diaryl/α,β-unsaturated/α-hetero) is 1. The number of hydrogen-bond donors (Lipinski definition) is 1. The van der Waals surface area contributed by atoms with Gasteiger partial charge in [0, 0.05) is 29.0 Å². The Hall–Kier alpha value is -3.20. The van der Waals surface area contributed by atoms with Crippen LogP contribution in [0.3, 0.4) is 0 Å². The number of nitro benzene ring substituents is 1. The molecule has 1 aromatic carbocycles. The van der Waals surface area contributed by atoms with Gasteiger partial charge in [0.25, 0.3) is 5.69 Å². The molecule has 176 valence electrons. The lowest BCUT2D eigenvalue weighted by Gasteiger charge is -2.38. The maximum Gasteiger partial charge on any atom is 0.337 e. The first-order valence-electron chi connectivity index (χ1n) is 10.5. The number of carbonyl (C=O) groups is 3. The molecule has 0 amide bonds. The monoisotopic (exact) mass is 476 g/mol. The van der Waals surface area contributed by atoms with E-state index in [-0.39, 0.29) is 27.8 Å². The van der Waals surface area contributed by atoms with Gasteiger partial charge in [0.2, 0.25) is 0 Å². The van der Waals surface area contributed by atoms with Crippen LogP contribution in [-0.4, -0.2) is 35.9 Å². The molecule has 9 nitrogen and oxygen atoms in total. The summed E-state index contributed by atoms with van der Waals surface area (Å²) < 4.78 is 10.3. The highest BCUT2D eigenvalue weighted by Gasteiger charge is 2.47. The number of allylic oxidation sites excluding steroid dienone is 3. The van der Waals surface area contributed by atoms with Gasteiger partial charge in [0.05, 0.1) is 23.7 Å². The highest BCUT2D eigenvalue weighted by atomic mass is 35.5. The van der Waals surface area contributed by atoms with Crippen LogP contribution in [0, 0.1) is 22.0 Å². The number of esters is 2. The van der Waals surface area contributed by atoms with Crippen molar-refractivity contribution in [3.05, 3.63) is 61.4 Å². The number of halogens is 1. The molecule has 33 heavy (non-hydrogen) atoms. The Kier molecular flexibility index (Phi) is 6.92. The summed E-state index contributed by atoms with van der Waals surface area (Å²) in [5.41, 5.74) is 1.34. The van der Waals surface area contributed by atoms with Gasteiger partial charge in [0.1, 0.15) is 10.9 Å². The lowest BCUT2D eigenvalue weighted by atomic mass is 9.69. The van der Waals surface area contributed by atoms with E-state index in [0.717, 1.165) is 0 Å². The minimum atomic E-state index is -1.05. The first-order valence-corrected chi connectivity index (χ1v) is 10.8. The minimum absolute atomic E-state index is 0.0741. The molecule has 10 heteroatoms. The molecule has 0 fully saturated rings. The number of nitrogens with zero attached hydrogens (tertiary/aromatic N) is 1. The molecule has 0 saturated heterocycles. The summed E-state index contributed by atoms with van der Waals surface area (Å²) in [5.74, 6) is -4.19. The van der Waals surface area contributed by atoms with Crippen LogP contribution in [0.1, 0.15) is 45.6 Å². The molecule has 3 atom stereocenters. The van der Waals surface area contributed by atoms with Crippen molar-refractivity contribution < 1.29 is 28.8 Å². The largest absolute Gasteiger partial charge is 0.468 e. The Labute approximate surface area is 195 Å². The third-order valence-electron chi connectivity index (χ3n) is 5.81. The number of dihydropyridines is 1. The molecule has 0 bridgehead atoms. The van der Waals surface area contributed by atoms with Gasteiger partial charge in [-0.2, -0.15) is 0 Å². The normalized spacial score (nSPS) is 22.6. The fraction of sp³-hybridized carbons (Fsp3) is 0.435. The molecule has 0 radical (unpaired) electrons. The van der Waals surface area contributed by atoms with Crippen LogP contribution in [0.4, 0.5) is 5.69 Å². The van der Waals surface area contributed by atoms with Crippen molar-refractivity contribution in [2.24, 2.45) is 11.8 Å². The quantitative estimate of drug-likeness (QED) is 0.294. The first kappa shape index (κ1) is 24.4. The van der Waals surface area contributed by atoms with E-state index in [0.29, 0.717) is 23.4 Å². The Morgan fingerprint density at radius 2 is 1.97 bits per heavy atom. The number of benzene rings is 1. The Morgan fingerprint density at radius 3 is 2.55 bits per heavy atom. The van der Waals surface area contributed by atoms with E-state index in [9.17, 15) is 24.5 Å². The summed E-state index contributed by atoms with van der Waals surface area (Å²) in [5, 5.41) is 14.6. The zero-order valence-electron chi connectivity index (χ0n) is 18.9. The van der Waals surface area contributed by atoms with Gasteiger partial charge in [-0.1, -0.05) is 24.6 Å². The Bertz CT molecular complexity index is 1110. The van der Waals surface area contributed by atoms with E-state index in [1.54, 1.807) is 27.7 Å². The molecule has 0 aromatic heterocycles. The second kappa shape index (κ2) is 9.35. The number of methoxy groups -OCH3 is 1. The standard InChI is InChI=1S/C23H25ClN2O7/c1-10(2)33-23(29)18-12(4)25-15-8-11(3)17(22(28)32-5)21(27)20(15)19(18)13-6-7-14(24)16(9-13)26(30)31/h6-7,9-11,17,19,25H,8H2,1-5H3/t11-,17-,19-/m0/s1. The van der Waals surface area contributed by atoms with Gasteiger partial charge in [-0.25, -0.2) is 4.79 Å². The number of nitrogens with one attached hydrogen (secondary N) is 1. The van der Waals surface area contributed by atoms with Crippen LogP contribution in [0.25, 0.3) is 0 Å². The summed E-state index contributed by atoms with van der Waals surface area (Å²) in [7, 11) is 1.21. The average Bonchev–Trinajstić information content (AvgIpc) is 2.72. The fourth-order valence-corrected chi connectivity index (χ4v) is 4.60. The maximum atomic E-state index is 13.6. The van der Waals surface area contributed by atoms with E-state index >= 15 is 0 Å². The Morgan fingerprint density at radius 1 is 1.30 bits per heavy atom. The molecular weight excluding hydrogens is 452 g/mol. The fourth-order valence-electron chi connectivity index (χ4n) is 4.41. The Balaban J connectivity index is 2.25. The first-order chi connectivity index (χ1) is 15.5. The van der Waals surface area contributed by atoms with Crippen molar-refractivity contribution in [2.45, 2.75) is 46.1 Å².